The summed E-state index contributed by atoms with van der Waals surface area (Å²) in [5.41, 5.74) is 5.72. The summed E-state index contributed by atoms with van der Waals surface area (Å²) in [6.45, 7) is 1.66. The van der Waals surface area contributed by atoms with Gasteiger partial charge in [-0.2, -0.15) is 0 Å². The lowest BCUT2D eigenvalue weighted by Crippen LogP contribution is -2.42. The number of hydrogen-bond donors (Lipinski definition) is 2. The molecule has 3 N–H and O–H groups in total. The molecule has 13 heavy (non-hydrogen) atoms. The van der Waals surface area contributed by atoms with Gasteiger partial charge in [0, 0.05) is 32.2 Å². The molecule has 76 valence electrons. The molecule has 0 aromatic carbocycles. The highest BCUT2D eigenvalue weighted by molar-refractivity contribution is 5.76. The van der Waals surface area contributed by atoms with E-state index in [1.165, 1.54) is 0 Å². The summed E-state index contributed by atoms with van der Waals surface area (Å²) in [7, 11) is 0. The van der Waals surface area contributed by atoms with Gasteiger partial charge in [-0.25, -0.2) is 0 Å². The van der Waals surface area contributed by atoms with Crippen LogP contribution in [0.2, 0.25) is 0 Å². The predicted octanol–water partition coefficient (Wildman–Crippen LogP) is -0.291. The number of nitrogens with zero attached hydrogens (tertiary/aromatic N) is 1. The second kappa shape index (κ2) is 5.19. The monoisotopic (exact) mass is 186 g/mol. The molecule has 0 aliphatic carbocycles. The van der Waals surface area contributed by atoms with Crippen LogP contribution in [0.4, 0.5) is 0 Å². The largest absolute Gasteiger partial charge is 0.396 e. The molecule has 0 radical (unpaired) electrons. The van der Waals surface area contributed by atoms with Crippen molar-refractivity contribution in [2.24, 2.45) is 5.73 Å². The van der Waals surface area contributed by atoms with Crippen molar-refractivity contribution in [1.82, 2.24) is 4.90 Å². The molecule has 4 nitrogen and oxygen atoms in total. The van der Waals surface area contributed by atoms with E-state index in [9.17, 15) is 4.79 Å². The van der Waals surface area contributed by atoms with E-state index in [1.54, 1.807) is 0 Å². The Hall–Kier alpha value is -0.610. The molecule has 1 amide bonds. The molecule has 0 atom stereocenters. The third-order valence-corrected chi connectivity index (χ3v) is 2.44. The van der Waals surface area contributed by atoms with Gasteiger partial charge in [0.1, 0.15) is 0 Å². The maximum Gasteiger partial charge on any atom is 0.222 e. The highest BCUT2D eigenvalue weighted by Crippen LogP contribution is 2.09. The van der Waals surface area contributed by atoms with Crippen molar-refractivity contribution in [3.8, 4) is 0 Å². The Kier molecular flexibility index (Phi) is 4.18. The fraction of sp³-hybridized carbons (Fsp3) is 0.889. The van der Waals surface area contributed by atoms with E-state index in [0.29, 0.717) is 12.8 Å². The minimum absolute atomic E-state index is 0.0963. The molecule has 0 spiro atoms. The average molecular weight is 186 g/mol. The van der Waals surface area contributed by atoms with E-state index in [2.05, 4.69) is 0 Å². The first-order chi connectivity index (χ1) is 6.24. The first-order valence-electron chi connectivity index (χ1n) is 4.88. The van der Waals surface area contributed by atoms with Gasteiger partial charge in [0.2, 0.25) is 5.91 Å². The third-order valence-electron chi connectivity index (χ3n) is 2.44. The zero-order valence-electron chi connectivity index (χ0n) is 7.91. The van der Waals surface area contributed by atoms with Crippen molar-refractivity contribution >= 4 is 5.91 Å². The zero-order chi connectivity index (χ0) is 9.68. The maximum absolute atomic E-state index is 11.4. The number of nitrogens with two attached hydrogens (primary N) is 1. The Morgan fingerprint density at radius 1 is 1.46 bits per heavy atom. The summed E-state index contributed by atoms with van der Waals surface area (Å²) in [5.74, 6) is 0.154. The summed E-state index contributed by atoms with van der Waals surface area (Å²) in [6.07, 6.45) is 2.85. The molecule has 0 bridgehead atoms. The van der Waals surface area contributed by atoms with Crippen LogP contribution in [0.3, 0.4) is 0 Å². The number of carbonyl (C=O) groups excluding carboxylic acids is 1. The quantitative estimate of drug-likeness (QED) is 0.636. The summed E-state index contributed by atoms with van der Waals surface area (Å²) in [6, 6.07) is 0.266. The van der Waals surface area contributed by atoms with Gasteiger partial charge in [-0.15, -0.1) is 0 Å². The lowest BCUT2D eigenvalue weighted by molar-refractivity contribution is -0.132. The minimum Gasteiger partial charge on any atom is -0.396 e. The Bertz CT molecular complexity index is 165. The van der Waals surface area contributed by atoms with Gasteiger partial charge in [-0.1, -0.05) is 0 Å². The van der Waals surface area contributed by atoms with Crippen molar-refractivity contribution < 1.29 is 9.90 Å². The second-order valence-corrected chi connectivity index (χ2v) is 3.55. The molecular weight excluding hydrogens is 168 g/mol. The van der Waals surface area contributed by atoms with Gasteiger partial charge in [-0.05, 0) is 19.3 Å². The number of piperidine rings is 1. The average Bonchev–Trinajstić information content (AvgIpc) is 2.15. The SMILES string of the molecule is NC1CCN(C(=O)CCCO)CC1. The van der Waals surface area contributed by atoms with Crippen LogP contribution in [0, 0.1) is 0 Å². The number of amides is 1. The smallest absolute Gasteiger partial charge is 0.222 e. The van der Waals surface area contributed by atoms with Crippen LogP contribution in [0.25, 0.3) is 0 Å². The molecule has 1 fully saturated rings. The standard InChI is InChI=1S/C9H18N2O2/c10-8-3-5-11(6-4-8)9(13)2-1-7-12/h8,12H,1-7,10H2. The van der Waals surface area contributed by atoms with Gasteiger partial charge in [0.05, 0.1) is 0 Å². The molecule has 1 saturated heterocycles. The topological polar surface area (TPSA) is 66.6 Å². The molecule has 0 aromatic heterocycles. The summed E-state index contributed by atoms with van der Waals surface area (Å²) < 4.78 is 0. The molecule has 1 rings (SSSR count). The molecular formula is C9H18N2O2. The molecule has 1 aliphatic rings. The van der Waals surface area contributed by atoms with Gasteiger partial charge in [0.15, 0.2) is 0 Å². The Balaban J connectivity index is 2.23. The predicted molar refractivity (Wildman–Crippen MR) is 50.1 cm³/mol. The van der Waals surface area contributed by atoms with Crippen LogP contribution in [0.15, 0.2) is 0 Å². The van der Waals surface area contributed by atoms with Gasteiger partial charge in [-0.3, -0.25) is 4.79 Å². The Morgan fingerprint density at radius 3 is 2.62 bits per heavy atom. The highest BCUT2D eigenvalue weighted by Gasteiger charge is 2.19. The van der Waals surface area contributed by atoms with Crippen molar-refractivity contribution in [1.29, 1.82) is 0 Å². The Labute approximate surface area is 78.7 Å². The molecule has 0 unspecified atom stereocenters. The number of aliphatic hydroxyl groups is 1. The number of hydrogen-bond acceptors (Lipinski definition) is 3. The molecule has 4 heteroatoms. The normalized spacial score (nSPS) is 19.1. The van der Waals surface area contributed by atoms with Crippen molar-refractivity contribution in [3.05, 3.63) is 0 Å². The van der Waals surface area contributed by atoms with Gasteiger partial charge < -0.3 is 15.7 Å². The Morgan fingerprint density at radius 2 is 2.08 bits per heavy atom. The van der Waals surface area contributed by atoms with Crippen molar-refractivity contribution in [3.63, 3.8) is 0 Å². The lowest BCUT2D eigenvalue weighted by atomic mass is 10.1. The summed E-state index contributed by atoms with van der Waals surface area (Å²) in [5, 5.41) is 8.56. The molecule has 1 aliphatic heterocycles. The van der Waals surface area contributed by atoms with Crippen LogP contribution in [-0.4, -0.2) is 41.7 Å². The van der Waals surface area contributed by atoms with Gasteiger partial charge >= 0.3 is 0 Å². The fourth-order valence-corrected chi connectivity index (χ4v) is 1.54. The first-order valence-corrected chi connectivity index (χ1v) is 4.88. The number of likely N-dealkylation sites (tertiary alicyclic amines) is 1. The lowest BCUT2D eigenvalue weighted by Gasteiger charge is -2.30. The van der Waals surface area contributed by atoms with Crippen LogP contribution in [-0.2, 0) is 4.79 Å². The van der Waals surface area contributed by atoms with E-state index in [4.69, 9.17) is 10.8 Å². The number of carbonyl (C=O) groups is 1. The maximum atomic E-state index is 11.4. The number of rotatable bonds is 3. The first kappa shape index (κ1) is 10.5. The van der Waals surface area contributed by atoms with Crippen molar-refractivity contribution in [2.75, 3.05) is 19.7 Å². The minimum atomic E-state index is 0.0963. The molecule has 0 saturated carbocycles. The molecule has 1 heterocycles. The zero-order valence-corrected chi connectivity index (χ0v) is 7.91. The van der Waals surface area contributed by atoms with Gasteiger partial charge in [0.25, 0.3) is 0 Å². The van der Waals surface area contributed by atoms with E-state index in [0.717, 1.165) is 25.9 Å². The highest BCUT2D eigenvalue weighted by atomic mass is 16.3. The van der Waals surface area contributed by atoms with Crippen LogP contribution >= 0.6 is 0 Å². The second-order valence-electron chi connectivity index (χ2n) is 3.55. The summed E-state index contributed by atoms with van der Waals surface area (Å²) in [4.78, 5) is 13.3. The molecule has 0 aromatic rings. The van der Waals surface area contributed by atoms with E-state index < -0.39 is 0 Å². The van der Waals surface area contributed by atoms with Crippen molar-refractivity contribution in [2.45, 2.75) is 31.7 Å². The van der Waals surface area contributed by atoms with Crippen LogP contribution in [0.1, 0.15) is 25.7 Å². The third kappa shape index (κ3) is 3.32. The van der Waals surface area contributed by atoms with E-state index in [1.807, 2.05) is 4.90 Å². The van der Waals surface area contributed by atoms with E-state index >= 15 is 0 Å². The van der Waals surface area contributed by atoms with Crippen LogP contribution < -0.4 is 5.73 Å². The summed E-state index contributed by atoms with van der Waals surface area (Å²) >= 11 is 0. The fourth-order valence-electron chi connectivity index (χ4n) is 1.54. The van der Waals surface area contributed by atoms with E-state index in [-0.39, 0.29) is 18.6 Å². The van der Waals surface area contributed by atoms with Crippen LogP contribution in [0.5, 0.6) is 0 Å². The number of aliphatic hydroxyl groups excluding tert-OH is 1.